The van der Waals surface area contributed by atoms with E-state index in [0.29, 0.717) is 6.04 Å². The van der Waals surface area contributed by atoms with Crippen molar-refractivity contribution < 1.29 is 0 Å². The van der Waals surface area contributed by atoms with Crippen LogP contribution in [-0.2, 0) is 0 Å². The van der Waals surface area contributed by atoms with E-state index in [0.717, 1.165) is 12.5 Å². The molecule has 0 bridgehead atoms. The van der Waals surface area contributed by atoms with Gasteiger partial charge in [0.05, 0.1) is 0 Å². The Morgan fingerprint density at radius 1 is 1.22 bits per heavy atom. The van der Waals surface area contributed by atoms with Crippen LogP contribution in [0, 0.1) is 5.92 Å². The molecule has 18 heavy (non-hydrogen) atoms. The van der Waals surface area contributed by atoms with Gasteiger partial charge in [-0.2, -0.15) is 0 Å². The summed E-state index contributed by atoms with van der Waals surface area (Å²) < 4.78 is 1.25. The van der Waals surface area contributed by atoms with Gasteiger partial charge in [0.15, 0.2) is 0 Å². The van der Waals surface area contributed by atoms with Gasteiger partial charge in [-0.25, -0.2) is 0 Å². The van der Waals surface area contributed by atoms with Crippen LogP contribution < -0.4 is 5.32 Å². The normalized spacial score (nSPS) is 18.8. The molecule has 1 nitrogen and oxygen atoms in total. The molecule has 0 heterocycles. The molecular weight excluding hydrogens is 286 g/mol. The molecule has 0 amide bonds. The summed E-state index contributed by atoms with van der Waals surface area (Å²) in [6, 6.07) is 9.22. The van der Waals surface area contributed by atoms with Crippen LogP contribution >= 0.6 is 15.9 Å². The Morgan fingerprint density at radius 3 is 2.61 bits per heavy atom. The van der Waals surface area contributed by atoms with E-state index >= 15 is 0 Å². The van der Waals surface area contributed by atoms with Crippen LogP contribution in [0.15, 0.2) is 28.7 Å². The third kappa shape index (κ3) is 3.58. The molecule has 1 atom stereocenters. The van der Waals surface area contributed by atoms with Crippen molar-refractivity contribution in [1.29, 1.82) is 0 Å². The topological polar surface area (TPSA) is 12.0 Å². The molecule has 1 saturated carbocycles. The molecule has 2 rings (SSSR count). The molecule has 0 radical (unpaired) electrons. The van der Waals surface area contributed by atoms with Gasteiger partial charge in [-0.1, -0.05) is 60.3 Å². The first kappa shape index (κ1) is 14.1. The van der Waals surface area contributed by atoms with Gasteiger partial charge in [-0.15, -0.1) is 0 Å². The molecule has 0 aromatic heterocycles. The Balaban J connectivity index is 2.15. The Bertz CT molecular complexity index is 358. The van der Waals surface area contributed by atoms with Gasteiger partial charge in [-0.3, -0.25) is 0 Å². The van der Waals surface area contributed by atoms with E-state index in [2.05, 4.69) is 52.4 Å². The lowest BCUT2D eigenvalue weighted by atomic mass is 9.81. The van der Waals surface area contributed by atoms with Crippen LogP contribution in [0.25, 0.3) is 0 Å². The van der Waals surface area contributed by atoms with E-state index < -0.39 is 0 Å². The average molecular weight is 310 g/mol. The summed E-state index contributed by atoms with van der Waals surface area (Å²) in [5, 5.41) is 3.77. The zero-order valence-corrected chi connectivity index (χ0v) is 12.9. The van der Waals surface area contributed by atoms with E-state index in [4.69, 9.17) is 0 Å². The molecule has 2 heteroatoms. The second-order valence-corrected chi connectivity index (χ2v) is 6.21. The number of halogens is 1. The van der Waals surface area contributed by atoms with Crippen LogP contribution in [0.2, 0.25) is 0 Å². The summed E-state index contributed by atoms with van der Waals surface area (Å²) in [5.41, 5.74) is 1.44. The first-order valence-corrected chi connectivity index (χ1v) is 8.10. The highest BCUT2D eigenvalue weighted by atomic mass is 79.9. The number of hydrogen-bond donors (Lipinski definition) is 1. The molecule has 1 aliphatic carbocycles. The van der Waals surface area contributed by atoms with Gasteiger partial charge in [0.25, 0.3) is 0 Å². The van der Waals surface area contributed by atoms with Crippen molar-refractivity contribution in [2.75, 3.05) is 6.54 Å². The SMILES string of the molecule is CCCNC(c1ccccc1Br)C1CCCCC1. The molecule has 0 aliphatic heterocycles. The molecule has 1 N–H and O–H groups in total. The zero-order chi connectivity index (χ0) is 12.8. The predicted molar refractivity (Wildman–Crippen MR) is 81.8 cm³/mol. The summed E-state index contributed by atoms with van der Waals surface area (Å²) >= 11 is 3.72. The summed E-state index contributed by atoms with van der Waals surface area (Å²) in [5.74, 6) is 0.809. The second-order valence-electron chi connectivity index (χ2n) is 5.35. The van der Waals surface area contributed by atoms with Gasteiger partial charge in [-0.05, 0) is 43.4 Å². The van der Waals surface area contributed by atoms with Gasteiger partial charge in [0.1, 0.15) is 0 Å². The molecule has 1 aromatic carbocycles. The first-order chi connectivity index (χ1) is 8.83. The Labute approximate surface area is 119 Å². The monoisotopic (exact) mass is 309 g/mol. The quantitative estimate of drug-likeness (QED) is 0.800. The van der Waals surface area contributed by atoms with Crippen LogP contribution in [0.4, 0.5) is 0 Å². The van der Waals surface area contributed by atoms with Crippen LogP contribution in [0.3, 0.4) is 0 Å². The molecular formula is C16H24BrN. The highest BCUT2D eigenvalue weighted by Gasteiger charge is 2.25. The maximum absolute atomic E-state index is 3.77. The number of hydrogen-bond acceptors (Lipinski definition) is 1. The lowest BCUT2D eigenvalue weighted by molar-refractivity contribution is 0.271. The van der Waals surface area contributed by atoms with Gasteiger partial charge in [0, 0.05) is 10.5 Å². The fourth-order valence-electron chi connectivity index (χ4n) is 3.03. The van der Waals surface area contributed by atoms with E-state index in [1.54, 1.807) is 0 Å². The largest absolute Gasteiger partial charge is 0.310 e. The summed E-state index contributed by atoms with van der Waals surface area (Å²) in [7, 11) is 0. The van der Waals surface area contributed by atoms with Crippen molar-refractivity contribution in [3.8, 4) is 0 Å². The lowest BCUT2D eigenvalue weighted by Crippen LogP contribution is -2.30. The lowest BCUT2D eigenvalue weighted by Gasteiger charge is -2.32. The number of nitrogens with one attached hydrogen (secondary N) is 1. The van der Waals surface area contributed by atoms with Gasteiger partial charge < -0.3 is 5.32 Å². The molecule has 100 valence electrons. The molecule has 1 aromatic rings. The highest BCUT2D eigenvalue weighted by molar-refractivity contribution is 9.10. The Kier molecular flexibility index (Phi) is 5.71. The molecule has 1 aliphatic rings. The third-order valence-electron chi connectivity index (χ3n) is 3.98. The predicted octanol–water partition coefficient (Wildman–Crippen LogP) is 5.07. The summed E-state index contributed by atoms with van der Waals surface area (Å²) in [6.45, 7) is 3.35. The fourth-order valence-corrected chi connectivity index (χ4v) is 3.56. The van der Waals surface area contributed by atoms with E-state index in [9.17, 15) is 0 Å². The Morgan fingerprint density at radius 2 is 1.94 bits per heavy atom. The molecule has 1 fully saturated rings. The zero-order valence-electron chi connectivity index (χ0n) is 11.3. The van der Waals surface area contributed by atoms with Crippen LogP contribution in [0.1, 0.15) is 57.1 Å². The van der Waals surface area contributed by atoms with Crippen molar-refractivity contribution in [2.24, 2.45) is 5.92 Å². The van der Waals surface area contributed by atoms with Crippen molar-refractivity contribution >= 4 is 15.9 Å². The van der Waals surface area contributed by atoms with Crippen LogP contribution in [0.5, 0.6) is 0 Å². The third-order valence-corrected chi connectivity index (χ3v) is 4.70. The minimum Gasteiger partial charge on any atom is -0.310 e. The fraction of sp³-hybridized carbons (Fsp3) is 0.625. The number of benzene rings is 1. The smallest absolute Gasteiger partial charge is 0.0359 e. The standard InChI is InChI=1S/C16H24BrN/c1-2-12-18-16(13-8-4-3-5-9-13)14-10-6-7-11-15(14)17/h6-7,10-11,13,16,18H,2-5,8-9,12H2,1H3. The number of rotatable bonds is 5. The Hall–Kier alpha value is -0.340. The maximum Gasteiger partial charge on any atom is 0.0359 e. The van der Waals surface area contributed by atoms with Crippen molar-refractivity contribution in [2.45, 2.75) is 51.5 Å². The minimum atomic E-state index is 0.529. The molecule has 1 unspecified atom stereocenters. The van der Waals surface area contributed by atoms with E-state index in [1.165, 1.54) is 48.6 Å². The molecule has 0 saturated heterocycles. The average Bonchev–Trinajstić information content (AvgIpc) is 2.42. The van der Waals surface area contributed by atoms with Crippen molar-refractivity contribution in [1.82, 2.24) is 5.32 Å². The highest BCUT2D eigenvalue weighted by Crippen LogP contribution is 2.36. The second kappa shape index (κ2) is 7.30. The summed E-state index contributed by atoms with van der Waals surface area (Å²) in [4.78, 5) is 0. The van der Waals surface area contributed by atoms with E-state index in [1.807, 2.05) is 0 Å². The van der Waals surface area contributed by atoms with E-state index in [-0.39, 0.29) is 0 Å². The van der Waals surface area contributed by atoms with Crippen molar-refractivity contribution in [3.05, 3.63) is 34.3 Å². The van der Waals surface area contributed by atoms with Gasteiger partial charge >= 0.3 is 0 Å². The maximum atomic E-state index is 3.77. The van der Waals surface area contributed by atoms with Crippen molar-refractivity contribution in [3.63, 3.8) is 0 Å². The first-order valence-electron chi connectivity index (χ1n) is 7.30. The summed E-state index contributed by atoms with van der Waals surface area (Å²) in [6.07, 6.45) is 8.19. The van der Waals surface area contributed by atoms with Crippen LogP contribution in [-0.4, -0.2) is 6.54 Å². The molecule has 0 spiro atoms. The van der Waals surface area contributed by atoms with Gasteiger partial charge in [0.2, 0.25) is 0 Å². The minimum absolute atomic E-state index is 0.529.